The van der Waals surface area contributed by atoms with Gasteiger partial charge in [0.15, 0.2) is 0 Å². The number of hydrazine groups is 1. The highest BCUT2D eigenvalue weighted by Crippen LogP contribution is 2.29. The van der Waals surface area contributed by atoms with Crippen molar-refractivity contribution in [2.75, 3.05) is 0 Å². The number of nitrogens with one attached hydrogen (secondary N) is 1. The molecule has 1 saturated carbocycles. The Bertz CT molecular complexity index is 332. The summed E-state index contributed by atoms with van der Waals surface area (Å²) in [5.41, 5.74) is 3.02. The minimum absolute atomic E-state index is 0.405. The normalized spacial score (nSPS) is 20.1. The van der Waals surface area contributed by atoms with Gasteiger partial charge >= 0.3 is 0 Å². The van der Waals surface area contributed by atoms with Gasteiger partial charge in [0, 0.05) is 10.9 Å². The van der Waals surface area contributed by atoms with Crippen LogP contribution < -0.4 is 11.3 Å². The van der Waals surface area contributed by atoms with E-state index < -0.39 is 0 Å². The summed E-state index contributed by atoms with van der Waals surface area (Å²) in [7, 11) is 0. The van der Waals surface area contributed by atoms with Crippen LogP contribution >= 0.6 is 22.9 Å². The van der Waals surface area contributed by atoms with Gasteiger partial charge in [0.05, 0.1) is 4.34 Å². The molecule has 1 unspecified atom stereocenters. The van der Waals surface area contributed by atoms with Crippen LogP contribution in [0.15, 0.2) is 12.1 Å². The molecule has 1 heterocycles. The number of nitrogens with two attached hydrogens (primary N) is 1. The largest absolute Gasteiger partial charge is 0.271 e. The average molecular weight is 273 g/mol. The molecule has 1 aromatic rings. The molecule has 0 radical (unpaired) electrons. The Kier molecular flexibility index (Phi) is 5.29. The second-order valence-electron chi connectivity index (χ2n) is 4.93. The second-order valence-corrected chi connectivity index (χ2v) is 6.73. The highest BCUT2D eigenvalue weighted by Gasteiger charge is 2.22. The number of hydrogen-bond donors (Lipinski definition) is 2. The van der Waals surface area contributed by atoms with Gasteiger partial charge in [0.25, 0.3) is 0 Å². The van der Waals surface area contributed by atoms with Gasteiger partial charge < -0.3 is 0 Å². The van der Waals surface area contributed by atoms with Crippen molar-refractivity contribution >= 4 is 22.9 Å². The molecule has 17 heavy (non-hydrogen) atoms. The molecule has 1 atom stereocenters. The third-order valence-electron chi connectivity index (χ3n) is 3.73. The van der Waals surface area contributed by atoms with Crippen molar-refractivity contribution in [2.45, 2.75) is 51.0 Å². The maximum absolute atomic E-state index is 5.97. The van der Waals surface area contributed by atoms with Crippen LogP contribution in [0.3, 0.4) is 0 Å². The van der Waals surface area contributed by atoms with Gasteiger partial charge in [0.1, 0.15) is 0 Å². The zero-order valence-corrected chi connectivity index (χ0v) is 11.7. The molecular formula is C13H21ClN2S. The fourth-order valence-electron chi connectivity index (χ4n) is 2.75. The summed E-state index contributed by atoms with van der Waals surface area (Å²) in [6, 6.07) is 4.50. The highest BCUT2D eigenvalue weighted by molar-refractivity contribution is 7.16. The summed E-state index contributed by atoms with van der Waals surface area (Å²) in [5.74, 6) is 6.46. The molecule has 3 N–H and O–H groups in total. The van der Waals surface area contributed by atoms with Crippen LogP contribution in [0.1, 0.15) is 43.4 Å². The molecule has 1 aliphatic rings. The number of halogens is 1. The average Bonchev–Trinajstić information content (AvgIpc) is 2.58. The second kappa shape index (κ2) is 6.74. The van der Waals surface area contributed by atoms with Gasteiger partial charge in [0.2, 0.25) is 0 Å². The van der Waals surface area contributed by atoms with Gasteiger partial charge in [-0.05, 0) is 37.3 Å². The van der Waals surface area contributed by atoms with Crippen LogP contribution in [0.5, 0.6) is 0 Å². The van der Waals surface area contributed by atoms with Gasteiger partial charge in [-0.25, -0.2) is 0 Å². The SMILES string of the molecule is NNC(Cc1ccc(Cl)s1)C1CCCCCC1. The Hall–Kier alpha value is -0.0900. The smallest absolute Gasteiger partial charge is 0.0931 e. The molecule has 0 saturated heterocycles. The minimum Gasteiger partial charge on any atom is -0.271 e. The first-order chi connectivity index (χ1) is 8.29. The molecule has 0 aromatic carbocycles. The molecule has 1 aliphatic carbocycles. The van der Waals surface area contributed by atoms with Crippen LogP contribution in [0.25, 0.3) is 0 Å². The molecule has 2 rings (SSSR count). The molecule has 0 bridgehead atoms. The molecule has 4 heteroatoms. The maximum atomic E-state index is 5.97. The fraction of sp³-hybridized carbons (Fsp3) is 0.692. The van der Waals surface area contributed by atoms with Gasteiger partial charge in [-0.15, -0.1) is 11.3 Å². The lowest BCUT2D eigenvalue weighted by Gasteiger charge is -2.25. The van der Waals surface area contributed by atoms with Crippen molar-refractivity contribution in [3.63, 3.8) is 0 Å². The van der Waals surface area contributed by atoms with Crippen molar-refractivity contribution in [1.82, 2.24) is 5.43 Å². The summed E-state index contributed by atoms with van der Waals surface area (Å²) in [4.78, 5) is 1.34. The van der Waals surface area contributed by atoms with E-state index in [2.05, 4.69) is 11.5 Å². The first-order valence-electron chi connectivity index (χ1n) is 6.50. The molecule has 0 aliphatic heterocycles. The number of rotatable bonds is 4. The Morgan fingerprint density at radius 3 is 2.53 bits per heavy atom. The first kappa shape index (κ1) is 13.3. The lowest BCUT2D eigenvalue weighted by molar-refractivity contribution is 0.321. The molecule has 2 nitrogen and oxygen atoms in total. The third-order valence-corrected chi connectivity index (χ3v) is 4.99. The Morgan fingerprint density at radius 2 is 2.00 bits per heavy atom. The van der Waals surface area contributed by atoms with Crippen molar-refractivity contribution in [1.29, 1.82) is 0 Å². The van der Waals surface area contributed by atoms with Gasteiger partial charge in [-0.2, -0.15) is 0 Å². The van der Waals surface area contributed by atoms with E-state index in [0.29, 0.717) is 6.04 Å². The topological polar surface area (TPSA) is 38.0 Å². The van der Waals surface area contributed by atoms with E-state index in [4.69, 9.17) is 17.4 Å². The zero-order valence-electron chi connectivity index (χ0n) is 10.1. The number of hydrogen-bond acceptors (Lipinski definition) is 3. The zero-order chi connectivity index (χ0) is 12.1. The summed E-state index contributed by atoms with van der Waals surface area (Å²) in [6.07, 6.45) is 9.12. The fourth-order valence-corrected chi connectivity index (χ4v) is 3.90. The molecular weight excluding hydrogens is 252 g/mol. The lowest BCUT2D eigenvalue weighted by atomic mass is 9.90. The van der Waals surface area contributed by atoms with E-state index in [1.807, 2.05) is 6.07 Å². The van der Waals surface area contributed by atoms with E-state index in [1.165, 1.54) is 43.4 Å². The molecule has 1 fully saturated rings. The summed E-state index contributed by atoms with van der Waals surface area (Å²) in [5, 5.41) is 0. The van der Waals surface area contributed by atoms with Crippen LogP contribution in [0.4, 0.5) is 0 Å². The predicted octanol–water partition coefficient (Wildman–Crippen LogP) is 3.75. The minimum atomic E-state index is 0.405. The monoisotopic (exact) mass is 272 g/mol. The molecule has 0 spiro atoms. The van der Waals surface area contributed by atoms with Crippen molar-refractivity contribution in [2.24, 2.45) is 11.8 Å². The van der Waals surface area contributed by atoms with Crippen molar-refractivity contribution in [3.8, 4) is 0 Å². The molecule has 1 aromatic heterocycles. The Labute approximate surface area is 113 Å². The van der Waals surface area contributed by atoms with Crippen molar-refractivity contribution in [3.05, 3.63) is 21.3 Å². The van der Waals surface area contributed by atoms with Crippen LogP contribution in [-0.4, -0.2) is 6.04 Å². The summed E-state index contributed by atoms with van der Waals surface area (Å²) in [6.45, 7) is 0. The third kappa shape index (κ3) is 3.95. The standard InChI is InChI=1S/C13H21ClN2S/c14-13-8-7-11(17-13)9-12(16-15)10-5-3-1-2-4-6-10/h7-8,10,12,16H,1-6,9,15H2. The summed E-state index contributed by atoms with van der Waals surface area (Å²) < 4.78 is 0.872. The van der Waals surface area contributed by atoms with E-state index >= 15 is 0 Å². The lowest BCUT2D eigenvalue weighted by Crippen LogP contribution is -2.42. The Balaban J connectivity index is 1.95. The first-order valence-corrected chi connectivity index (χ1v) is 7.69. The quantitative estimate of drug-likeness (QED) is 0.498. The Morgan fingerprint density at radius 1 is 1.29 bits per heavy atom. The van der Waals surface area contributed by atoms with Crippen LogP contribution in [-0.2, 0) is 6.42 Å². The van der Waals surface area contributed by atoms with E-state index in [0.717, 1.165) is 16.7 Å². The van der Waals surface area contributed by atoms with Crippen molar-refractivity contribution < 1.29 is 0 Å². The summed E-state index contributed by atoms with van der Waals surface area (Å²) >= 11 is 7.64. The maximum Gasteiger partial charge on any atom is 0.0931 e. The van der Waals surface area contributed by atoms with Crippen LogP contribution in [0, 0.1) is 5.92 Å². The van der Waals surface area contributed by atoms with E-state index in [1.54, 1.807) is 11.3 Å². The molecule has 0 amide bonds. The predicted molar refractivity (Wildman–Crippen MR) is 75.3 cm³/mol. The van der Waals surface area contributed by atoms with Gasteiger partial charge in [-0.3, -0.25) is 11.3 Å². The number of thiophene rings is 1. The van der Waals surface area contributed by atoms with E-state index in [-0.39, 0.29) is 0 Å². The van der Waals surface area contributed by atoms with Crippen LogP contribution in [0.2, 0.25) is 4.34 Å². The molecule has 96 valence electrons. The highest BCUT2D eigenvalue weighted by atomic mass is 35.5. The van der Waals surface area contributed by atoms with Gasteiger partial charge in [-0.1, -0.05) is 37.3 Å². The van der Waals surface area contributed by atoms with E-state index in [9.17, 15) is 0 Å².